The molecule has 0 fully saturated rings. The van der Waals surface area contributed by atoms with Gasteiger partial charge in [0.25, 0.3) is 7.82 Å². The molecule has 0 aliphatic rings. The first kappa shape index (κ1) is 66.5. The highest BCUT2D eigenvalue weighted by Gasteiger charge is 2.20. The predicted octanol–water partition coefficient (Wildman–Crippen LogP) is 18.1. The minimum atomic E-state index is -4.53. The van der Waals surface area contributed by atoms with Crippen molar-refractivity contribution in [2.45, 2.75) is 315 Å². The topological polar surface area (TPSA) is 94.1 Å². The third kappa shape index (κ3) is 56.3. The van der Waals surface area contributed by atoms with E-state index >= 15 is 0 Å². The standard InChI is InChI=1S/C58H118NO7P/c1-6-8-10-12-14-16-18-20-22-24-26-27-28-29-30-31-32-34-36-38-40-42-44-46-48-50-53-63-55-57(56-65-67(61,62)64-54-52-59(3,4)5)66-58(60)51-49-47-45-43-41-39-37-35-33-25-23-21-19-17-15-13-11-9-7-2/h57H,6-56H2,1-5H3. The molecular formula is C58H118NO7P. The first-order chi connectivity index (χ1) is 32.6. The molecule has 0 amide bonds. The van der Waals surface area contributed by atoms with E-state index in [4.69, 9.17) is 18.5 Å². The molecule has 8 nitrogen and oxygen atoms in total. The van der Waals surface area contributed by atoms with Crippen molar-refractivity contribution < 1.29 is 37.3 Å². The van der Waals surface area contributed by atoms with Crippen molar-refractivity contribution in [2.24, 2.45) is 0 Å². The highest BCUT2D eigenvalue weighted by molar-refractivity contribution is 7.45. The number of quaternary nitrogens is 1. The minimum Gasteiger partial charge on any atom is -0.756 e. The van der Waals surface area contributed by atoms with Crippen LogP contribution in [0, 0.1) is 0 Å². The highest BCUT2D eigenvalue weighted by Crippen LogP contribution is 2.38. The Morgan fingerprint density at radius 3 is 0.985 bits per heavy atom. The van der Waals surface area contributed by atoms with Gasteiger partial charge < -0.3 is 27.9 Å². The highest BCUT2D eigenvalue weighted by atomic mass is 31.2. The van der Waals surface area contributed by atoms with Crippen LogP contribution in [0.15, 0.2) is 0 Å². The van der Waals surface area contributed by atoms with Crippen molar-refractivity contribution in [2.75, 3.05) is 54.1 Å². The van der Waals surface area contributed by atoms with Crippen LogP contribution in [0.25, 0.3) is 0 Å². The number of hydrogen-bond donors (Lipinski definition) is 0. The Morgan fingerprint density at radius 2 is 0.687 bits per heavy atom. The first-order valence-corrected chi connectivity index (χ1v) is 31.2. The minimum absolute atomic E-state index is 0.0320. The molecule has 0 bridgehead atoms. The fourth-order valence-electron chi connectivity index (χ4n) is 9.08. The smallest absolute Gasteiger partial charge is 0.306 e. The Labute approximate surface area is 418 Å². The van der Waals surface area contributed by atoms with E-state index in [2.05, 4.69) is 13.8 Å². The van der Waals surface area contributed by atoms with Crippen molar-refractivity contribution in [1.29, 1.82) is 0 Å². The van der Waals surface area contributed by atoms with Crippen molar-refractivity contribution in [1.82, 2.24) is 0 Å². The fourth-order valence-corrected chi connectivity index (χ4v) is 9.81. The van der Waals surface area contributed by atoms with Gasteiger partial charge in [0.2, 0.25) is 0 Å². The lowest BCUT2D eigenvalue weighted by molar-refractivity contribution is -0.870. The molecule has 0 aliphatic carbocycles. The second-order valence-electron chi connectivity index (χ2n) is 21.7. The molecule has 0 aromatic rings. The van der Waals surface area contributed by atoms with Gasteiger partial charge in [-0.25, -0.2) is 0 Å². The summed E-state index contributed by atoms with van der Waals surface area (Å²) >= 11 is 0. The largest absolute Gasteiger partial charge is 0.756 e. The molecular weight excluding hydrogens is 854 g/mol. The van der Waals surface area contributed by atoms with Crippen LogP contribution < -0.4 is 4.89 Å². The second kappa shape index (κ2) is 51.8. The van der Waals surface area contributed by atoms with Gasteiger partial charge in [0, 0.05) is 13.0 Å². The van der Waals surface area contributed by atoms with Crippen molar-refractivity contribution in [3.05, 3.63) is 0 Å². The summed E-state index contributed by atoms with van der Waals surface area (Å²) in [6.07, 6.45) is 60.1. The molecule has 0 aliphatic heterocycles. The Morgan fingerprint density at radius 1 is 0.403 bits per heavy atom. The lowest BCUT2D eigenvalue weighted by atomic mass is 10.0. The number of nitrogens with zero attached hydrogens (tertiary/aromatic N) is 1. The van der Waals surface area contributed by atoms with E-state index in [1.807, 2.05) is 21.1 Å². The van der Waals surface area contributed by atoms with Gasteiger partial charge in [-0.1, -0.05) is 290 Å². The number of hydrogen-bond acceptors (Lipinski definition) is 7. The summed E-state index contributed by atoms with van der Waals surface area (Å²) in [7, 11) is 1.38. The number of ether oxygens (including phenoxy) is 2. The molecule has 0 heterocycles. The Hall–Kier alpha value is -0.500. The van der Waals surface area contributed by atoms with Crippen LogP contribution in [-0.2, 0) is 27.9 Å². The second-order valence-corrected chi connectivity index (χ2v) is 23.1. The Kier molecular flexibility index (Phi) is 51.5. The van der Waals surface area contributed by atoms with Crippen molar-refractivity contribution in [3.63, 3.8) is 0 Å². The van der Waals surface area contributed by atoms with Crippen molar-refractivity contribution in [3.8, 4) is 0 Å². The summed E-state index contributed by atoms with van der Waals surface area (Å²) in [5.74, 6) is -0.323. The van der Waals surface area contributed by atoms with Crippen LogP contribution in [0.5, 0.6) is 0 Å². The van der Waals surface area contributed by atoms with Gasteiger partial charge in [-0.2, -0.15) is 0 Å². The maximum Gasteiger partial charge on any atom is 0.306 e. The summed E-state index contributed by atoms with van der Waals surface area (Å²) in [4.78, 5) is 25.3. The van der Waals surface area contributed by atoms with Crippen LogP contribution in [0.2, 0.25) is 0 Å². The van der Waals surface area contributed by atoms with E-state index < -0.39 is 13.9 Å². The van der Waals surface area contributed by atoms with Gasteiger partial charge >= 0.3 is 5.97 Å². The van der Waals surface area contributed by atoms with Gasteiger partial charge in [0.05, 0.1) is 34.4 Å². The third-order valence-electron chi connectivity index (χ3n) is 13.7. The average Bonchev–Trinajstić information content (AvgIpc) is 3.29. The van der Waals surface area contributed by atoms with Crippen LogP contribution >= 0.6 is 7.82 Å². The molecule has 2 atom stereocenters. The number of unbranched alkanes of at least 4 members (excludes halogenated alkanes) is 43. The zero-order valence-corrected chi connectivity index (χ0v) is 46.8. The SMILES string of the molecule is CCCCCCCCCCCCCCCCCCCCCCCCCCCCOCC(COP(=O)([O-])OCC[N+](C)(C)C)OC(=O)CCCCCCCCCCCCCCCCCCCCC. The van der Waals surface area contributed by atoms with E-state index in [0.717, 1.165) is 32.1 Å². The predicted molar refractivity (Wildman–Crippen MR) is 287 cm³/mol. The molecule has 9 heteroatoms. The summed E-state index contributed by atoms with van der Waals surface area (Å²) in [5.41, 5.74) is 0. The molecule has 0 rings (SSSR count). The lowest BCUT2D eigenvalue weighted by Gasteiger charge is -2.28. The van der Waals surface area contributed by atoms with E-state index in [-0.39, 0.29) is 25.8 Å². The maximum absolute atomic E-state index is 12.8. The number of rotatable bonds is 57. The molecule has 0 saturated heterocycles. The zero-order chi connectivity index (χ0) is 49.0. The summed E-state index contributed by atoms with van der Waals surface area (Å²) in [6, 6.07) is 0. The van der Waals surface area contributed by atoms with Gasteiger partial charge in [-0.15, -0.1) is 0 Å². The molecule has 67 heavy (non-hydrogen) atoms. The first-order valence-electron chi connectivity index (χ1n) is 29.8. The Balaban J connectivity index is 3.97. The number of carbonyl (C=O) groups excluding carboxylic acids is 1. The number of esters is 1. The molecule has 2 unspecified atom stereocenters. The molecule has 0 N–H and O–H groups in total. The van der Waals surface area contributed by atoms with Crippen LogP contribution in [0.4, 0.5) is 0 Å². The summed E-state index contributed by atoms with van der Waals surface area (Å²) < 4.78 is 34.9. The monoisotopic (exact) mass is 972 g/mol. The Bertz CT molecular complexity index is 1040. The van der Waals surface area contributed by atoms with Gasteiger partial charge in [-0.05, 0) is 12.8 Å². The van der Waals surface area contributed by atoms with Gasteiger partial charge in [0.15, 0.2) is 0 Å². The molecule has 0 aromatic carbocycles. The van der Waals surface area contributed by atoms with E-state index in [0.29, 0.717) is 24.1 Å². The number of phosphoric acid groups is 1. The third-order valence-corrected chi connectivity index (χ3v) is 14.6. The lowest BCUT2D eigenvalue weighted by Crippen LogP contribution is -2.37. The number of carbonyl (C=O) groups is 1. The van der Waals surface area contributed by atoms with Gasteiger partial charge in [0.1, 0.15) is 19.3 Å². The molecule has 0 saturated carbocycles. The number of likely N-dealkylation sites (N-methyl/N-ethyl adjacent to an activating group) is 1. The van der Waals surface area contributed by atoms with E-state index in [1.54, 1.807) is 0 Å². The summed E-state index contributed by atoms with van der Waals surface area (Å²) in [5, 5.41) is 0. The molecule has 0 radical (unpaired) electrons. The van der Waals surface area contributed by atoms with Crippen LogP contribution in [0.3, 0.4) is 0 Å². The molecule has 0 aromatic heterocycles. The average molecular weight is 973 g/mol. The summed E-state index contributed by atoms with van der Waals surface area (Å²) in [6.45, 7) is 5.51. The van der Waals surface area contributed by atoms with E-state index in [9.17, 15) is 14.3 Å². The van der Waals surface area contributed by atoms with Crippen molar-refractivity contribution >= 4 is 13.8 Å². The maximum atomic E-state index is 12.8. The molecule has 0 spiro atoms. The zero-order valence-electron chi connectivity index (χ0n) is 45.9. The van der Waals surface area contributed by atoms with Crippen LogP contribution in [-0.4, -0.2) is 70.7 Å². The normalized spacial score (nSPS) is 13.3. The van der Waals surface area contributed by atoms with E-state index in [1.165, 1.54) is 257 Å². The van der Waals surface area contributed by atoms with Crippen LogP contribution in [0.1, 0.15) is 309 Å². The number of phosphoric ester groups is 1. The van der Waals surface area contributed by atoms with Gasteiger partial charge in [-0.3, -0.25) is 9.36 Å². The fraction of sp³-hybridized carbons (Fsp3) is 0.983. The quantitative estimate of drug-likeness (QED) is 0.0259. The molecule has 402 valence electrons.